The molecule has 0 saturated carbocycles. The summed E-state index contributed by atoms with van der Waals surface area (Å²) in [4.78, 5) is 0. The molecule has 1 nitrogen and oxygen atoms in total. The van der Waals surface area contributed by atoms with E-state index in [-0.39, 0.29) is 6.04 Å². The van der Waals surface area contributed by atoms with Crippen LogP contribution in [-0.2, 0) is 0 Å². The van der Waals surface area contributed by atoms with Crippen molar-refractivity contribution in [2.75, 3.05) is 0 Å². The smallest absolute Gasteiger partial charge is 0.0194 e. The third-order valence-electron chi connectivity index (χ3n) is 1.49. The summed E-state index contributed by atoms with van der Waals surface area (Å²) in [5.74, 6) is 0.691. The molecular weight excluding hydrogens is 122 g/mol. The van der Waals surface area contributed by atoms with E-state index in [1.54, 1.807) is 0 Å². The van der Waals surface area contributed by atoms with Gasteiger partial charge in [0.25, 0.3) is 0 Å². The fourth-order valence-corrected chi connectivity index (χ4v) is 0.917. The van der Waals surface area contributed by atoms with Gasteiger partial charge in [-0.15, -0.1) is 0 Å². The van der Waals surface area contributed by atoms with Crippen molar-refractivity contribution in [1.82, 2.24) is 0 Å². The van der Waals surface area contributed by atoms with Gasteiger partial charge < -0.3 is 5.73 Å². The summed E-state index contributed by atoms with van der Waals surface area (Å²) in [7, 11) is 0. The van der Waals surface area contributed by atoms with Crippen molar-refractivity contribution in [1.29, 1.82) is 0 Å². The van der Waals surface area contributed by atoms with Crippen LogP contribution in [0.4, 0.5) is 0 Å². The lowest BCUT2D eigenvalue weighted by molar-refractivity contribution is 0.630. The molecule has 0 radical (unpaired) electrons. The lowest BCUT2D eigenvalue weighted by atomic mass is 10.1. The molecule has 0 aliphatic rings. The van der Waals surface area contributed by atoms with Crippen molar-refractivity contribution >= 4 is 0 Å². The van der Waals surface area contributed by atoms with E-state index in [0.29, 0.717) is 5.92 Å². The van der Waals surface area contributed by atoms with Crippen molar-refractivity contribution in [2.24, 2.45) is 11.7 Å². The molecule has 0 aliphatic heterocycles. The summed E-state index contributed by atoms with van der Waals surface area (Å²) < 4.78 is 0. The highest BCUT2D eigenvalue weighted by Gasteiger charge is 1.93. The van der Waals surface area contributed by atoms with Crippen molar-refractivity contribution in [3.63, 3.8) is 0 Å². The molecule has 0 aromatic carbocycles. The van der Waals surface area contributed by atoms with E-state index in [1.807, 2.05) is 6.92 Å². The second kappa shape index (κ2) is 5.48. The quantitative estimate of drug-likeness (QED) is 0.597. The summed E-state index contributed by atoms with van der Waals surface area (Å²) in [6.07, 6.45) is 6.79. The second-order valence-electron chi connectivity index (χ2n) is 3.01. The monoisotopic (exact) mass is 141 g/mol. The molecule has 0 aromatic rings. The van der Waals surface area contributed by atoms with Gasteiger partial charge >= 0.3 is 0 Å². The van der Waals surface area contributed by atoms with Gasteiger partial charge in [-0.05, 0) is 19.3 Å². The summed E-state index contributed by atoms with van der Waals surface area (Å²) in [5, 5.41) is 0. The number of allylic oxidation sites excluding steroid dienone is 1. The first-order valence-electron chi connectivity index (χ1n) is 4.10. The van der Waals surface area contributed by atoms with Crippen LogP contribution >= 0.6 is 0 Å². The summed E-state index contributed by atoms with van der Waals surface area (Å²) in [6, 6.07) is 0.208. The number of rotatable bonds is 4. The highest BCUT2D eigenvalue weighted by molar-refractivity contribution is 4.91. The summed E-state index contributed by atoms with van der Waals surface area (Å²) >= 11 is 0. The van der Waals surface area contributed by atoms with Crippen LogP contribution < -0.4 is 5.73 Å². The highest BCUT2D eigenvalue weighted by Crippen LogP contribution is 2.05. The minimum Gasteiger partial charge on any atom is -0.325 e. The second-order valence-corrected chi connectivity index (χ2v) is 3.01. The molecule has 60 valence electrons. The molecular formula is C9H19N. The van der Waals surface area contributed by atoms with Crippen LogP contribution in [0.5, 0.6) is 0 Å². The lowest BCUT2D eigenvalue weighted by Crippen LogP contribution is -2.10. The first-order valence-corrected chi connectivity index (χ1v) is 4.10. The zero-order chi connectivity index (χ0) is 7.98. The predicted molar refractivity (Wildman–Crippen MR) is 46.9 cm³/mol. The normalized spacial score (nSPS) is 17.6. The van der Waals surface area contributed by atoms with Crippen LogP contribution in [-0.4, -0.2) is 6.04 Å². The zero-order valence-corrected chi connectivity index (χ0v) is 7.30. The summed E-state index contributed by atoms with van der Waals surface area (Å²) in [5.41, 5.74) is 5.55. The van der Waals surface area contributed by atoms with E-state index in [2.05, 4.69) is 26.0 Å². The van der Waals surface area contributed by atoms with Crippen molar-refractivity contribution in [2.45, 2.75) is 39.7 Å². The molecule has 2 N–H and O–H groups in total. The van der Waals surface area contributed by atoms with Crippen molar-refractivity contribution < 1.29 is 0 Å². The van der Waals surface area contributed by atoms with Crippen LogP contribution in [0.2, 0.25) is 0 Å². The predicted octanol–water partition coefficient (Wildman–Crippen LogP) is 2.33. The fraction of sp³-hybridized carbons (Fsp3) is 0.778. The molecule has 0 fully saturated rings. The lowest BCUT2D eigenvalue weighted by Gasteiger charge is -2.03. The van der Waals surface area contributed by atoms with Gasteiger partial charge in [0.05, 0.1) is 0 Å². The Kier molecular flexibility index (Phi) is 5.32. The van der Waals surface area contributed by atoms with E-state index in [9.17, 15) is 0 Å². The highest BCUT2D eigenvalue weighted by atomic mass is 14.6. The molecule has 0 bridgehead atoms. The molecule has 1 heteroatoms. The molecule has 0 spiro atoms. The van der Waals surface area contributed by atoms with E-state index in [4.69, 9.17) is 5.73 Å². The Hall–Kier alpha value is -0.300. The van der Waals surface area contributed by atoms with Crippen LogP contribution in [0.1, 0.15) is 33.6 Å². The minimum absolute atomic E-state index is 0.208. The van der Waals surface area contributed by atoms with Crippen molar-refractivity contribution in [3.8, 4) is 0 Å². The number of nitrogens with two attached hydrogens (primary N) is 1. The molecule has 0 aromatic heterocycles. The minimum atomic E-state index is 0.208. The van der Waals surface area contributed by atoms with E-state index in [0.717, 1.165) is 0 Å². The van der Waals surface area contributed by atoms with Gasteiger partial charge in [-0.1, -0.05) is 32.4 Å². The largest absolute Gasteiger partial charge is 0.325 e. The Morgan fingerprint density at radius 3 is 2.30 bits per heavy atom. The third kappa shape index (κ3) is 5.83. The first-order chi connectivity index (χ1) is 4.66. The van der Waals surface area contributed by atoms with Gasteiger partial charge in [-0.25, -0.2) is 0 Å². The van der Waals surface area contributed by atoms with E-state index < -0.39 is 0 Å². The maximum absolute atomic E-state index is 5.55. The molecule has 0 rings (SSSR count). The Morgan fingerprint density at radius 1 is 1.30 bits per heavy atom. The third-order valence-corrected chi connectivity index (χ3v) is 1.49. The fourth-order valence-electron chi connectivity index (χ4n) is 0.917. The molecule has 0 saturated heterocycles. The van der Waals surface area contributed by atoms with Gasteiger partial charge in [-0.2, -0.15) is 0 Å². The Bertz CT molecular complexity index is 94.9. The zero-order valence-electron chi connectivity index (χ0n) is 7.30. The van der Waals surface area contributed by atoms with Crippen LogP contribution in [0.25, 0.3) is 0 Å². The SMILES string of the molecule is CCCC(C)/C=C/C(C)N. The van der Waals surface area contributed by atoms with Crippen LogP contribution in [0, 0.1) is 5.92 Å². The van der Waals surface area contributed by atoms with Crippen LogP contribution in [0.15, 0.2) is 12.2 Å². The van der Waals surface area contributed by atoms with E-state index in [1.165, 1.54) is 12.8 Å². The van der Waals surface area contributed by atoms with Gasteiger partial charge in [0.1, 0.15) is 0 Å². The van der Waals surface area contributed by atoms with Crippen molar-refractivity contribution in [3.05, 3.63) is 12.2 Å². The van der Waals surface area contributed by atoms with E-state index >= 15 is 0 Å². The molecule has 2 atom stereocenters. The molecule has 10 heavy (non-hydrogen) atoms. The first kappa shape index (κ1) is 9.70. The molecule has 0 heterocycles. The van der Waals surface area contributed by atoms with Crippen LogP contribution in [0.3, 0.4) is 0 Å². The number of hydrogen-bond acceptors (Lipinski definition) is 1. The molecule has 0 amide bonds. The summed E-state index contributed by atoms with van der Waals surface area (Å²) in [6.45, 7) is 6.42. The maximum atomic E-state index is 5.55. The standard InChI is InChI=1S/C9H19N/c1-4-5-8(2)6-7-9(3)10/h6-9H,4-5,10H2,1-3H3/b7-6+. The van der Waals surface area contributed by atoms with Gasteiger partial charge in [-0.3, -0.25) is 0 Å². The molecule has 2 unspecified atom stereocenters. The van der Waals surface area contributed by atoms with Gasteiger partial charge in [0.2, 0.25) is 0 Å². The number of hydrogen-bond donors (Lipinski definition) is 1. The topological polar surface area (TPSA) is 26.0 Å². The van der Waals surface area contributed by atoms with Gasteiger partial charge in [0, 0.05) is 6.04 Å². The van der Waals surface area contributed by atoms with Gasteiger partial charge in [0.15, 0.2) is 0 Å². The Labute approximate surface area is 64.3 Å². The maximum Gasteiger partial charge on any atom is 0.0194 e. The average Bonchev–Trinajstić information content (AvgIpc) is 1.85. The Morgan fingerprint density at radius 2 is 1.90 bits per heavy atom. The Balaban J connectivity index is 3.45. The average molecular weight is 141 g/mol. The molecule has 0 aliphatic carbocycles.